The lowest BCUT2D eigenvalue weighted by Gasteiger charge is -2.48. The number of rotatable bonds is 4. The standard InChI is InChI=1S/C34H29NO2S2Si/c1-20(2)40(21(3)4)30-11-7-5-9-27(30)35(28-10-6-8-12-31(28)40)32-14-13-23(39-32)18-26-33(36)24-17-22-15-16-38-29(22)19-25(24)34(26)37/h5-21H,1-4H3/b26-18+. The molecule has 6 heteroatoms. The highest BCUT2D eigenvalue weighted by atomic mass is 32.1. The third kappa shape index (κ3) is 3.46. The lowest BCUT2D eigenvalue weighted by Crippen LogP contribution is -2.66. The Hall–Kier alpha value is -3.58. The van der Waals surface area contributed by atoms with Crippen LogP contribution in [0.1, 0.15) is 53.3 Å². The summed E-state index contributed by atoms with van der Waals surface area (Å²) < 4.78 is 1.03. The first-order chi connectivity index (χ1) is 19.3. The lowest BCUT2D eigenvalue weighted by molar-refractivity contribution is 0.0990. The number of benzene rings is 3. The van der Waals surface area contributed by atoms with E-state index in [0.29, 0.717) is 22.2 Å². The quantitative estimate of drug-likeness (QED) is 0.122. The highest BCUT2D eigenvalue weighted by molar-refractivity contribution is 7.17. The molecule has 7 rings (SSSR count). The summed E-state index contributed by atoms with van der Waals surface area (Å²) in [6.45, 7) is 9.56. The van der Waals surface area contributed by atoms with Gasteiger partial charge in [-0.2, -0.15) is 0 Å². The Morgan fingerprint density at radius 1 is 0.750 bits per heavy atom. The smallest absolute Gasteiger partial charge is 0.197 e. The second kappa shape index (κ2) is 9.23. The maximum Gasteiger partial charge on any atom is 0.197 e. The molecule has 2 aliphatic rings. The number of ketones is 2. The Labute approximate surface area is 243 Å². The van der Waals surface area contributed by atoms with Crippen LogP contribution in [0.5, 0.6) is 0 Å². The van der Waals surface area contributed by atoms with Gasteiger partial charge in [-0.25, -0.2) is 0 Å². The molecule has 0 radical (unpaired) electrons. The molecule has 3 heterocycles. The van der Waals surface area contributed by atoms with E-state index in [1.807, 2.05) is 29.6 Å². The largest absolute Gasteiger partial charge is 0.302 e. The number of hydrogen-bond acceptors (Lipinski definition) is 5. The Balaban J connectivity index is 1.34. The normalized spacial score (nSPS) is 16.8. The first-order valence-electron chi connectivity index (χ1n) is 13.7. The fraction of sp³-hybridized carbons (Fsp3) is 0.176. The van der Waals surface area contributed by atoms with Gasteiger partial charge in [-0.15, -0.1) is 22.7 Å². The number of thiophene rings is 2. The molecule has 5 aromatic rings. The van der Waals surface area contributed by atoms with Crippen molar-refractivity contribution >= 4 is 85.2 Å². The molecule has 40 heavy (non-hydrogen) atoms. The first-order valence-corrected chi connectivity index (χ1v) is 17.6. The van der Waals surface area contributed by atoms with Crippen molar-refractivity contribution in [3.63, 3.8) is 0 Å². The van der Waals surface area contributed by atoms with Gasteiger partial charge >= 0.3 is 0 Å². The highest BCUT2D eigenvalue weighted by Crippen LogP contribution is 2.46. The van der Waals surface area contributed by atoms with Crippen LogP contribution in [0.4, 0.5) is 16.4 Å². The van der Waals surface area contributed by atoms with Gasteiger partial charge in [0.15, 0.2) is 11.6 Å². The van der Waals surface area contributed by atoms with E-state index in [2.05, 4.69) is 87.2 Å². The van der Waals surface area contributed by atoms with Gasteiger partial charge in [0.2, 0.25) is 0 Å². The fourth-order valence-electron chi connectivity index (χ4n) is 7.05. The summed E-state index contributed by atoms with van der Waals surface area (Å²) in [4.78, 5) is 29.9. The number of hydrogen-bond donors (Lipinski definition) is 0. The van der Waals surface area contributed by atoms with Crippen molar-refractivity contribution in [1.29, 1.82) is 0 Å². The van der Waals surface area contributed by atoms with Crippen LogP contribution in [0.3, 0.4) is 0 Å². The third-order valence-electron chi connectivity index (χ3n) is 8.69. The van der Waals surface area contributed by atoms with Crippen LogP contribution in [0.15, 0.2) is 89.8 Å². The van der Waals surface area contributed by atoms with Crippen LogP contribution in [0.25, 0.3) is 16.2 Å². The Morgan fingerprint density at radius 2 is 1.35 bits per heavy atom. The average molecular weight is 576 g/mol. The summed E-state index contributed by atoms with van der Waals surface area (Å²) in [5.74, 6) is -0.357. The molecule has 0 bridgehead atoms. The van der Waals surface area contributed by atoms with Gasteiger partial charge < -0.3 is 4.90 Å². The molecule has 0 spiro atoms. The maximum atomic E-state index is 13.3. The second-order valence-electron chi connectivity index (χ2n) is 11.3. The molecule has 0 fully saturated rings. The van der Waals surface area contributed by atoms with Crippen LogP contribution < -0.4 is 15.3 Å². The molecule has 0 saturated heterocycles. The molecular weight excluding hydrogens is 547 g/mol. The molecule has 198 valence electrons. The van der Waals surface area contributed by atoms with Gasteiger partial charge in [-0.3, -0.25) is 9.59 Å². The SMILES string of the molecule is CC(C)[Si]1(C(C)C)c2ccccc2N(c2ccc(/C=C3\C(=O)c4cc5ccsc5cc4C3=O)s2)c2ccccc21. The lowest BCUT2D eigenvalue weighted by atomic mass is 10.1. The number of para-hydroxylation sites is 2. The van der Waals surface area contributed by atoms with Crippen LogP contribution in [0, 0.1) is 0 Å². The number of nitrogens with zero attached hydrogens (tertiary/aromatic N) is 1. The molecule has 0 atom stereocenters. The van der Waals surface area contributed by atoms with Crippen LogP contribution >= 0.6 is 22.7 Å². The van der Waals surface area contributed by atoms with E-state index in [1.165, 1.54) is 21.7 Å². The van der Waals surface area contributed by atoms with Crippen LogP contribution in [-0.2, 0) is 0 Å². The average Bonchev–Trinajstić information content (AvgIpc) is 3.66. The van der Waals surface area contributed by atoms with Gasteiger partial charge in [0.25, 0.3) is 0 Å². The van der Waals surface area contributed by atoms with Crippen LogP contribution in [0.2, 0.25) is 11.1 Å². The zero-order valence-electron chi connectivity index (χ0n) is 22.9. The number of anilines is 3. The van der Waals surface area contributed by atoms with Crippen molar-refractivity contribution in [3.05, 3.63) is 106 Å². The zero-order chi connectivity index (χ0) is 27.8. The van der Waals surface area contributed by atoms with Gasteiger partial charge in [0, 0.05) is 32.1 Å². The summed E-state index contributed by atoms with van der Waals surface area (Å²) >= 11 is 3.21. The van der Waals surface area contributed by atoms with Gasteiger partial charge in [-0.05, 0) is 80.8 Å². The number of carbonyl (C=O) groups excluding carboxylic acids is 2. The number of Topliss-reactive ketones (excluding diaryl/α,β-unsaturated/α-hetero) is 2. The van der Waals surface area contributed by atoms with E-state index in [9.17, 15) is 9.59 Å². The molecular formula is C34H29NO2S2Si. The minimum atomic E-state index is -2.08. The summed E-state index contributed by atoms with van der Waals surface area (Å²) in [5, 5.41) is 7.03. The highest BCUT2D eigenvalue weighted by Gasteiger charge is 2.50. The van der Waals surface area contributed by atoms with E-state index in [4.69, 9.17) is 0 Å². The Kier molecular flexibility index (Phi) is 5.86. The van der Waals surface area contributed by atoms with E-state index in [-0.39, 0.29) is 17.1 Å². The maximum absolute atomic E-state index is 13.3. The molecule has 0 saturated carbocycles. The van der Waals surface area contributed by atoms with Gasteiger partial charge in [0.1, 0.15) is 13.1 Å². The van der Waals surface area contributed by atoms with Crippen molar-refractivity contribution in [2.24, 2.45) is 0 Å². The van der Waals surface area contributed by atoms with Gasteiger partial charge in [-0.1, -0.05) is 64.1 Å². The van der Waals surface area contributed by atoms with Crippen molar-refractivity contribution in [3.8, 4) is 0 Å². The summed E-state index contributed by atoms with van der Waals surface area (Å²) in [5.41, 5.74) is 4.86. The predicted octanol–water partition coefficient (Wildman–Crippen LogP) is 8.59. The minimum Gasteiger partial charge on any atom is -0.302 e. The summed E-state index contributed by atoms with van der Waals surface area (Å²) in [6, 6.07) is 27.7. The topological polar surface area (TPSA) is 37.4 Å². The summed E-state index contributed by atoms with van der Waals surface area (Å²) in [7, 11) is -2.08. The predicted molar refractivity (Wildman–Crippen MR) is 173 cm³/mol. The van der Waals surface area contributed by atoms with E-state index in [1.54, 1.807) is 28.7 Å². The molecule has 3 nitrogen and oxygen atoms in total. The monoisotopic (exact) mass is 575 g/mol. The van der Waals surface area contributed by atoms with E-state index >= 15 is 0 Å². The van der Waals surface area contributed by atoms with Gasteiger partial charge in [0.05, 0.1) is 5.57 Å². The third-order valence-corrected chi connectivity index (χ3v) is 16.9. The molecule has 1 aliphatic heterocycles. The van der Waals surface area contributed by atoms with Crippen LogP contribution in [-0.4, -0.2) is 19.6 Å². The Bertz CT molecular complexity index is 1770. The number of allylic oxidation sites excluding steroid dienone is 1. The number of carbonyl (C=O) groups is 2. The molecule has 0 unspecified atom stereocenters. The Morgan fingerprint density at radius 3 is 1.98 bits per heavy atom. The molecule has 0 amide bonds. The van der Waals surface area contributed by atoms with Crippen molar-refractivity contribution in [2.75, 3.05) is 4.90 Å². The molecule has 0 N–H and O–H groups in total. The second-order valence-corrected chi connectivity index (χ2v) is 18.5. The summed E-state index contributed by atoms with van der Waals surface area (Å²) in [6.07, 6.45) is 1.79. The molecule has 2 aromatic heterocycles. The molecule has 1 aliphatic carbocycles. The molecule has 3 aromatic carbocycles. The number of fused-ring (bicyclic) bond motifs is 4. The van der Waals surface area contributed by atoms with Crippen molar-refractivity contribution in [2.45, 2.75) is 38.8 Å². The van der Waals surface area contributed by atoms with Crippen molar-refractivity contribution in [1.82, 2.24) is 0 Å². The first kappa shape index (κ1) is 25.4. The fourth-order valence-corrected chi connectivity index (χ4v) is 14.9. The van der Waals surface area contributed by atoms with E-state index < -0.39 is 8.07 Å². The minimum absolute atomic E-state index is 0.177. The zero-order valence-corrected chi connectivity index (χ0v) is 25.5. The van der Waals surface area contributed by atoms with E-state index in [0.717, 1.165) is 20.0 Å². The van der Waals surface area contributed by atoms with Crippen molar-refractivity contribution < 1.29 is 9.59 Å².